The van der Waals surface area contributed by atoms with Gasteiger partial charge in [-0.25, -0.2) is 0 Å². The third-order valence-corrected chi connectivity index (χ3v) is 5.07. The maximum atomic E-state index is 11.6. The van der Waals surface area contributed by atoms with Gasteiger partial charge in [-0.05, 0) is 45.4 Å². The first-order valence-electron chi connectivity index (χ1n) is 7.95. The van der Waals surface area contributed by atoms with Crippen LogP contribution < -0.4 is 5.32 Å². The molecule has 0 spiro atoms. The van der Waals surface area contributed by atoms with Gasteiger partial charge in [-0.2, -0.15) is 0 Å². The van der Waals surface area contributed by atoms with Crippen LogP contribution in [0.3, 0.4) is 0 Å². The molecule has 20 heavy (non-hydrogen) atoms. The summed E-state index contributed by atoms with van der Waals surface area (Å²) in [6.07, 6.45) is 6.89. The van der Waals surface area contributed by atoms with Gasteiger partial charge < -0.3 is 9.84 Å². The van der Waals surface area contributed by atoms with Gasteiger partial charge in [-0.3, -0.25) is 15.0 Å². The van der Waals surface area contributed by atoms with Crippen molar-refractivity contribution >= 4 is 5.97 Å². The number of carbonyl (C=O) groups is 1. The van der Waals surface area contributed by atoms with Crippen LogP contribution in [0.4, 0.5) is 0 Å². The summed E-state index contributed by atoms with van der Waals surface area (Å²) in [6, 6.07) is 0.933. The average Bonchev–Trinajstić information content (AvgIpc) is 3.09. The highest BCUT2D eigenvalue weighted by atomic mass is 16.5. The standard InChI is InChI=1S/C15H26N2O3/c1-15(14(18)19,16-11-5-6-11)7-8-17-9-10-20-13-4-2-3-12(13)17/h11-13,16H,2-10H2,1H3,(H,18,19). The zero-order chi connectivity index (χ0) is 14.2. The quantitative estimate of drug-likeness (QED) is 0.767. The molecule has 1 heterocycles. The molecule has 0 bridgehead atoms. The van der Waals surface area contributed by atoms with Gasteiger partial charge in [-0.15, -0.1) is 0 Å². The minimum atomic E-state index is -0.784. The second kappa shape index (κ2) is 5.62. The molecule has 3 rings (SSSR count). The molecule has 2 N–H and O–H groups in total. The van der Waals surface area contributed by atoms with Crippen LogP contribution in [0.5, 0.6) is 0 Å². The number of aliphatic carboxylic acids is 1. The van der Waals surface area contributed by atoms with Crippen molar-refractivity contribution in [1.29, 1.82) is 0 Å². The minimum absolute atomic E-state index is 0.385. The van der Waals surface area contributed by atoms with Crippen LogP contribution >= 0.6 is 0 Å². The summed E-state index contributed by atoms with van der Waals surface area (Å²) in [5, 5.41) is 12.8. The third-order valence-electron chi connectivity index (χ3n) is 5.07. The van der Waals surface area contributed by atoms with Crippen molar-refractivity contribution in [3.8, 4) is 0 Å². The Kier molecular flexibility index (Phi) is 4.02. The van der Waals surface area contributed by atoms with Crippen molar-refractivity contribution in [3.63, 3.8) is 0 Å². The van der Waals surface area contributed by atoms with E-state index in [0.29, 0.717) is 24.6 Å². The van der Waals surface area contributed by atoms with Crippen LogP contribution in [0.2, 0.25) is 0 Å². The lowest BCUT2D eigenvalue weighted by atomic mass is 9.96. The number of fused-ring (bicyclic) bond motifs is 1. The second-order valence-electron chi connectivity index (χ2n) is 6.75. The molecular formula is C15H26N2O3. The van der Waals surface area contributed by atoms with E-state index in [9.17, 15) is 9.90 Å². The van der Waals surface area contributed by atoms with Crippen molar-refractivity contribution in [2.24, 2.45) is 0 Å². The lowest BCUT2D eigenvalue weighted by molar-refractivity contribution is -0.145. The molecule has 0 aromatic heterocycles. The summed E-state index contributed by atoms with van der Waals surface area (Å²) in [7, 11) is 0. The van der Waals surface area contributed by atoms with Crippen molar-refractivity contribution in [2.45, 2.75) is 69.2 Å². The number of ether oxygens (including phenoxy) is 1. The molecule has 0 aromatic carbocycles. The molecule has 114 valence electrons. The number of rotatable bonds is 6. The van der Waals surface area contributed by atoms with E-state index in [0.717, 1.165) is 39.0 Å². The molecule has 2 aliphatic carbocycles. The Hall–Kier alpha value is -0.650. The molecule has 5 heteroatoms. The first-order chi connectivity index (χ1) is 9.58. The summed E-state index contributed by atoms with van der Waals surface area (Å²) < 4.78 is 5.81. The van der Waals surface area contributed by atoms with E-state index in [1.165, 1.54) is 12.8 Å². The largest absolute Gasteiger partial charge is 0.480 e. The number of hydrogen-bond donors (Lipinski definition) is 2. The molecule has 3 fully saturated rings. The van der Waals surface area contributed by atoms with Crippen LogP contribution in [-0.2, 0) is 9.53 Å². The number of hydrogen-bond acceptors (Lipinski definition) is 4. The third kappa shape index (κ3) is 3.00. The molecule has 1 aliphatic heterocycles. The highest BCUT2D eigenvalue weighted by molar-refractivity contribution is 5.78. The van der Waals surface area contributed by atoms with E-state index in [1.54, 1.807) is 0 Å². The fraction of sp³-hybridized carbons (Fsp3) is 0.933. The molecule has 0 aromatic rings. The zero-order valence-electron chi connectivity index (χ0n) is 12.3. The summed E-state index contributed by atoms with van der Waals surface area (Å²) in [5.41, 5.74) is -0.784. The minimum Gasteiger partial charge on any atom is -0.480 e. The Balaban J connectivity index is 1.57. The highest BCUT2D eigenvalue weighted by Crippen LogP contribution is 2.31. The maximum Gasteiger partial charge on any atom is 0.323 e. The Bertz CT molecular complexity index is 372. The van der Waals surface area contributed by atoms with Gasteiger partial charge in [0.25, 0.3) is 0 Å². The highest BCUT2D eigenvalue weighted by Gasteiger charge is 2.41. The molecule has 3 atom stereocenters. The van der Waals surface area contributed by atoms with Crippen molar-refractivity contribution < 1.29 is 14.6 Å². The fourth-order valence-corrected chi connectivity index (χ4v) is 3.57. The lowest BCUT2D eigenvalue weighted by Gasteiger charge is -2.39. The van der Waals surface area contributed by atoms with Gasteiger partial charge in [0.15, 0.2) is 0 Å². The fourth-order valence-electron chi connectivity index (χ4n) is 3.57. The Morgan fingerprint density at radius 1 is 1.40 bits per heavy atom. The van der Waals surface area contributed by atoms with Crippen molar-refractivity contribution in [3.05, 3.63) is 0 Å². The second-order valence-corrected chi connectivity index (χ2v) is 6.75. The van der Waals surface area contributed by atoms with E-state index >= 15 is 0 Å². The Morgan fingerprint density at radius 2 is 2.20 bits per heavy atom. The van der Waals surface area contributed by atoms with Crippen LogP contribution in [0.1, 0.15) is 45.4 Å². The molecular weight excluding hydrogens is 256 g/mol. The van der Waals surface area contributed by atoms with Crippen LogP contribution in [0, 0.1) is 0 Å². The van der Waals surface area contributed by atoms with E-state index in [1.807, 2.05) is 6.92 Å². The number of morpholine rings is 1. The predicted molar refractivity (Wildman–Crippen MR) is 75.8 cm³/mol. The van der Waals surface area contributed by atoms with E-state index in [4.69, 9.17) is 4.74 Å². The molecule has 5 nitrogen and oxygen atoms in total. The SMILES string of the molecule is CC(CCN1CCOC2CCCC21)(NC1CC1)C(=O)O. The lowest BCUT2D eigenvalue weighted by Crippen LogP contribution is -2.55. The summed E-state index contributed by atoms with van der Waals surface area (Å²) in [6.45, 7) is 4.43. The normalized spacial score (nSPS) is 33.6. The topological polar surface area (TPSA) is 61.8 Å². The smallest absolute Gasteiger partial charge is 0.323 e. The van der Waals surface area contributed by atoms with Gasteiger partial charge in [0.1, 0.15) is 5.54 Å². The predicted octanol–water partition coefficient (Wildman–Crippen LogP) is 1.23. The number of carboxylic acids is 1. The Labute approximate surface area is 120 Å². The Morgan fingerprint density at radius 3 is 2.90 bits per heavy atom. The zero-order valence-corrected chi connectivity index (χ0v) is 12.3. The van der Waals surface area contributed by atoms with Crippen LogP contribution in [-0.4, -0.2) is 59.4 Å². The molecule has 0 amide bonds. The summed E-state index contributed by atoms with van der Waals surface area (Å²) in [5.74, 6) is -0.722. The molecule has 1 saturated heterocycles. The molecule has 3 unspecified atom stereocenters. The van der Waals surface area contributed by atoms with Gasteiger partial charge in [-0.1, -0.05) is 0 Å². The average molecular weight is 282 g/mol. The van der Waals surface area contributed by atoms with E-state index in [2.05, 4.69) is 10.2 Å². The maximum absolute atomic E-state index is 11.6. The number of nitrogens with one attached hydrogen (secondary N) is 1. The van der Waals surface area contributed by atoms with Crippen molar-refractivity contribution in [1.82, 2.24) is 10.2 Å². The molecule has 0 radical (unpaired) electrons. The van der Waals surface area contributed by atoms with Gasteiger partial charge in [0, 0.05) is 25.2 Å². The van der Waals surface area contributed by atoms with Crippen LogP contribution in [0.15, 0.2) is 0 Å². The monoisotopic (exact) mass is 282 g/mol. The first-order valence-corrected chi connectivity index (χ1v) is 7.95. The first kappa shape index (κ1) is 14.3. The summed E-state index contributed by atoms with van der Waals surface area (Å²) in [4.78, 5) is 14.0. The van der Waals surface area contributed by atoms with Gasteiger partial charge in [0.05, 0.1) is 12.7 Å². The number of nitrogens with zero attached hydrogens (tertiary/aromatic N) is 1. The van der Waals surface area contributed by atoms with Gasteiger partial charge in [0.2, 0.25) is 0 Å². The van der Waals surface area contributed by atoms with E-state index in [-0.39, 0.29) is 0 Å². The van der Waals surface area contributed by atoms with Crippen LogP contribution in [0.25, 0.3) is 0 Å². The number of carboxylic acid groups (broad SMARTS) is 1. The van der Waals surface area contributed by atoms with Gasteiger partial charge >= 0.3 is 5.97 Å². The van der Waals surface area contributed by atoms with Crippen molar-refractivity contribution in [2.75, 3.05) is 19.7 Å². The van der Waals surface area contributed by atoms with E-state index < -0.39 is 11.5 Å². The summed E-state index contributed by atoms with van der Waals surface area (Å²) >= 11 is 0. The molecule has 3 aliphatic rings. The molecule has 2 saturated carbocycles.